The second kappa shape index (κ2) is 4.42. The van der Waals surface area contributed by atoms with E-state index in [1.807, 2.05) is 0 Å². The summed E-state index contributed by atoms with van der Waals surface area (Å²) >= 11 is 5.62. The molecular weight excluding hydrogens is 249 g/mol. The van der Waals surface area contributed by atoms with Crippen molar-refractivity contribution >= 4 is 17.6 Å². The van der Waals surface area contributed by atoms with Crippen molar-refractivity contribution in [2.24, 2.45) is 0 Å². The predicted octanol–water partition coefficient (Wildman–Crippen LogP) is 2.03. The Bertz CT molecular complexity index is 574. The maximum atomic E-state index is 12.7. The van der Waals surface area contributed by atoms with Crippen LogP contribution in [0, 0.1) is 5.82 Å². The van der Waals surface area contributed by atoms with Crippen LogP contribution in [0.3, 0.4) is 0 Å². The maximum Gasteiger partial charge on any atom is 0.356 e. The fourth-order valence-electron chi connectivity index (χ4n) is 1.15. The largest absolute Gasteiger partial charge is 0.476 e. The van der Waals surface area contributed by atoms with Gasteiger partial charge in [-0.3, -0.25) is 0 Å². The number of halogens is 2. The lowest BCUT2D eigenvalue weighted by Crippen LogP contribution is -2.04. The van der Waals surface area contributed by atoms with Gasteiger partial charge in [0.05, 0.1) is 17.4 Å². The second-order valence-electron chi connectivity index (χ2n) is 3.06. The van der Waals surface area contributed by atoms with Crippen LogP contribution in [0.4, 0.5) is 4.39 Å². The SMILES string of the molecule is O=C(O)c1nc(-c2ccc(F)cn2)ncc1Cl. The summed E-state index contributed by atoms with van der Waals surface area (Å²) in [6.45, 7) is 0. The Morgan fingerprint density at radius 3 is 2.65 bits per heavy atom. The summed E-state index contributed by atoms with van der Waals surface area (Å²) in [4.78, 5) is 22.1. The average molecular weight is 254 g/mol. The van der Waals surface area contributed by atoms with Gasteiger partial charge in [-0.15, -0.1) is 0 Å². The van der Waals surface area contributed by atoms with Gasteiger partial charge in [0.25, 0.3) is 0 Å². The van der Waals surface area contributed by atoms with Crippen LogP contribution in [0.2, 0.25) is 5.02 Å². The first-order chi connectivity index (χ1) is 8.08. The first-order valence-corrected chi connectivity index (χ1v) is 4.83. The van der Waals surface area contributed by atoms with Crippen LogP contribution < -0.4 is 0 Å². The zero-order valence-electron chi connectivity index (χ0n) is 8.26. The van der Waals surface area contributed by atoms with E-state index >= 15 is 0 Å². The molecule has 86 valence electrons. The Morgan fingerprint density at radius 2 is 2.06 bits per heavy atom. The summed E-state index contributed by atoms with van der Waals surface area (Å²) in [5.74, 6) is -1.69. The predicted molar refractivity (Wildman–Crippen MR) is 57.2 cm³/mol. The number of carboxylic acid groups (broad SMARTS) is 1. The molecular formula is C10H5ClFN3O2. The van der Waals surface area contributed by atoms with E-state index in [1.54, 1.807) is 0 Å². The quantitative estimate of drug-likeness (QED) is 0.886. The Labute approximate surface area is 99.9 Å². The molecule has 2 aromatic heterocycles. The molecule has 0 aliphatic carbocycles. The lowest BCUT2D eigenvalue weighted by Gasteiger charge is -2.01. The topological polar surface area (TPSA) is 76.0 Å². The first-order valence-electron chi connectivity index (χ1n) is 4.45. The summed E-state index contributed by atoms with van der Waals surface area (Å²) < 4.78 is 12.7. The number of rotatable bonds is 2. The number of aromatic nitrogens is 3. The average Bonchev–Trinajstić information content (AvgIpc) is 2.30. The number of nitrogens with zero attached hydrogens (tertiary/aromatic N) is 3. The molecule has 2 rings (SSSR count). The van der Waals surface area contributed by atoms with Gasteiger partial charge in [0.1, 0.15) is 11.5 Å². The molecule has 0 saturated heterocycles. The Morgan fingerprint density at radius 1 is 1.29 bits per heavy atom. The molecule has 0 aliphatic rings. The number of hydrogen-bond acceptors (Lipinski definition) is 4. The van der Waals surface area contributed by atoms with Gasteiger partial charge in [0, 0.05) is 0 Å². The molecule has 0 unspecified atom stereocenters. The van der Waals surface area contributed by atoms with Crippen LogP contribution in [0.15, 0.2) is 24.5 Å². The molecule has 0 spiro atoms. The lowest BCUT2D eigenvalue weighted by atomic mass is 10.3. The van der Waals surface area contributed by atoms with Crippen LogP contribution >= 0.6 is 11.6 Å². The zero-order valence-corrected chi connectivity index (χ0v) is 9.02. The molecule has 7 heteroatoms. The second-order valence-corrected chi connectivity index (χ2v) is 3.46. The van der Waals surface area contributed by atoms with Crippen molar-refractivity contribution in [2.75, 3.05) is 0 Å². The van der Waals surface area contributed by atoms with E-state index in [-0.39, 0.29) is 22.2 Å². The molecule has 0 fully saturated rings. The number of carboxylic acids is 1. The highest BCUT2D eigenvalue weighted by Gasteiger charge is 2.13. The number of hydrogen-bond donors (Lipinski definition) is 1. The molecule has 0 radical (unpaired) electrons. The highest BCUT2D eigenvalue weighted by molar-refractivity contribution is 6.33. The van der Waals surface area contributed by atoms with E-state index in [1.165, 1.54) is 18.3 Å². The van der Waals surface area contributed by atoms with Crippen molar-refractivity contribution in [3.63, 3.8) is 0 Å². The molecule has 2 aromatic rings. The number of aromatic carboxylic acids is 1. The van der Waals surface area contributed by atoms with Gasteiger partial charge >= 0.3 is 5.97 Å². The van der Waals surface area contributed by atoms with E-state index in [0.29, 0.717) is 0 Å². The summed E-state index contributed by atoms with van der Waals surface area (Å²) in [5, 5.41) is 8.76. The van der Waals surface area contributed by atoms with E-state index in [0.717, 1.165) is 6.20 Å². The zero-order chi connectivity index (χ0) is 12.4. The lowest BCUT2D eigenvalue weighted by molar-refractivity contribution is 0.0690. The van der Waals surface area contributed by atoms with Crippen LogP contribution in [-0.2, 0) is 0 Å². The van der Waals surface area contributed by atoms with Crippen LogP contribution in [0.25, 0.3) is 11.5 Å². The van der Waals surface area contributed by atoms with Gasteiger partial charge in [0.15, 0.2) is 11.5 Å². The molecule has 1 N–H and O–H groups in total. The third kappa shape index (κ3) is 2.36. The van der Waals surface area contributed by atoms with Crippen molar-refractivity contribution in [1.29, 1.82) is 0 Å². The summed E-state index contributed by atoms with van der Waals surface area (Å²) in [6.07, 6.45) is 2.16. The van der Waals surface area contributed by atoms with Gasteiger partial charge in [0.2, 0.25) is 0 Å². The third-order valence-electron chi connectivity index (χ3n) is 1.90. The van der Waals surface area contributed by atoms with Crippen molar-refractivity contribution in [3.8, 4) is 11.5 Å². The molecule has 5 nitrogen and oxygen atoms in total. The smallest absolute Gasteiger partial charge is 0.356 e. The van der Waals surface area contributed by atoms with Crippen molar-refractivity contribution in [2.45, 2.75) is 0 Å². The van der Waals surface area contributed by atoms with Gasteiger partial charge in [-0.05, 0) is 12.1 Å². The standard InChI is InChI=1S/C10H5ClFN3O2/c11-6-4-14-9(15-8(6)10(16)17)7-2-1-5(12)3-13-7/h1-4H,(H,16,17). The minimum Gasteiger partial charge on any atom is -0.476 e. The maximum absolute atomic E-state index is 12.7. The van der Waals surface area contributed by atoms with Gasteiger partial charge in [-0.2, -0.15) is 0 Å². The summed E-state index contributed by atoms with van der Waals surface area (Å²) in [7, 11) is 0. The van der Waals surface area contributed by atoms with E-state index < -0.39 is 11.8 Å². The molecule has 0 atom stereocenters. The monoisotopic (exact) mass is 253 g/mol. The van der Waals surface area contributed by atoms with Gasteiger partial charge < -0.3 is 5.11 Å². The minimum absolute atomic E-state index is 0.0663. The molecule has 17 heavy (non-hydrogen) atoms. The molecule has 0 aromatic carbocycles. The normalized spacial score (nSPS) is 10.2. The van der Waals surface area contributed by atoms with E-state index in [4.69, 9.17) is 16.7 Å². The number of pyridine rings is 1. The fourth-order valence-corrected chi connectivity index (χ4v) is 1.32. The van der Waals surface area contributed by atoms with Crippen LogP contribution in [0.1, 0.15) is 10.5 Å². The van der Waals surface area contributed by atoms with Crippen LogP contribution in [0.5, 0.6) is 0 Å². The summed E-state index contributed by atoms with van der Waals surface area (Å²) in [6, 6.07) is 2.53. The molecule has 0 aliphatic heterocycles. The Kier molecular flexibility index (Phi) is 2.97. The van der Waals surface area contributed by atoms with Crippen LogP contribution in [-0.4, -0.2) is 26.0 Å². The van der Waals surface area contributed by atoms with Crippen molar-refractivity contribution in [1.82, 2.24) is 15.0 Å². The molecule has 2 heterocycles. The Balaban J connectivity index is 2.50. The third-order valence-corrected chi connectivity index (χ3v) is 2.18. The van der Waals surface area contributed by atoms with Crippen molar-refractivity contribution in [3.05, 3.63) is 41.1 Å². The van der Waals surface area contributed by atoms with E-state index in [9.17, 15) is 9.18 Å². The van der Waals surface area contributed by atoms with Gasteiger partial charge in [-0.25, -0.2) is 24.1 Å². The van der Waals surface area contributed by atoms with E-state index in [2.05, 4.69) is 15.0 Å². The molecule has 0 saturated carbocycles. The highest BCUT2D eigenvalue weighted by Crippen LogP contribution is 2.17. The number of carbonyl (C=O) groups is 1. The molecule has 0 amide bonds. The Hall–Kier alpha value is -2.08. The summed E-state index contributed by atoms with van der Waals surface area (Å²) in [5.41, 5.74) is -0.0478. The fraction of sp³-hybridized carbons (Fsp3) is 0. The highest BCUT2D eigenvalue weighted by atomic mass is 35.5. The van der Waals surface area contributed by atoms with Crippen molar-refractivity contribution < 1.29 is 14.3 Å². The van der Waals surface area contributed by atoms with Gasteiger partial charge in [-0.1, -0.05) is 11.6 Å². The minimum atomic E-state index is -1.26. The molecule has 0 bridgehead atoms. The first kappa shape index (κ1) is 11.4.